The van der Waals surface area contributed by atoms with Crippen LogP contribution in [0.15, 0.2) is 30.3 Å². The molecule has 0 saturated carbocycles. The Hall–Kier alpha value is -0.970. The maximum absolute atomic E-state index is 8.32. The van der Waals surface area contributed by atoms with E-state index in [0.29, 0.717) is 10.1 Å². The average molecular weight is 198 g/mol. The number of nitriles is 1. The minimum Gasteiger partial charge on any atom is -0.193 e. The van der Waals surface area contributed by atoms with Gasteiger partial charge in [-0.15, -0.1) is 0 Å². The molecule has 1 rings (SSSR count). The number of rotatable bonds is 1. The van der Waals surface area contributed by atoms with Crippen molar-refractivity contribution in [2.45, 2.75) is 0 Å². The molecule has 0 spiro atoms. The van der Waals surface area contributed by atoms with E-state index < -0.39 is 0 Å². The summed E-state index contributed by atoms with van der Waals surface area (Å²) in [5.41, 5.74) is 0.794. The first kappa shape index (κ1) is 9.12. The van der Waals surface area contributed by atoms with E-state index in [1.54, 1.807) is 24.3 Å². The highest BCUT2D eigenvalue weighted by Crippen LogP contribution is 2.20. The summed E-state index contributed by atoms with van der Waals surface area (Å²) in [4.78, 5) is 0. The fourth-order valence-corrected chi connectivity index (χ4v) is 1.05. The van der Waals surface area contributed by atoms with Gasteiger partial charge in [-0.05, 0) is 17.7 Å². The van der Waals surface area contributed by atoms with Gasteiger partial charge in [-0.25, -0.2) is 0 Å². The van der Waals surface area contributed by atoms with Gasteiger partial charge in [0.05, 0.1) is 11.1 Å². The SMILES string of the molecule is N#C/C=C(/Cl)c1ccc(Cl)cc1. The van der Waals surface area contributed by atoms with Gasteiger partial charge < -0.3 is 0 Å². The average Bonchev–Trinajstić information content (AvgIpc) is 2.06. The molecule has 1 aromatic rings. The van der Waals surface area contributed by atoms with Gasteiger partial charge in [0.2, 0.25) is 0 Å². The first-order valence-corrected chi connectivity index (χ1v) is 4.01. The van der Waals surface area contributed by atoms with Crippen molar-refractivity contribution in [2.24, 2.45) is 0 Å². The molecule has 0 atom stereocenters. The molecule has 0 bridgehead atoms. The van der Waals surface area contributed by atoms with Crippen LogP contribution in [0, 0.1) is 11.3 Å². The quantitative estimate of drug-likeness (QED) is 0.634. The highest BCUT2D eigenvalue weighted by Gasteiger charge is 1.96. The van der Waals surface area contributed by atoms with E-state index in [2.05, 4.69) is 0 Å². The molecule has 0 aliphatic carbocycles. The highest BCUT2D eigenvalue weighted by molar-refractivity contribution is 6.49. The van der Waals surface area contributed by atoms with Crippen LogP contribution in [0.2, 0.25) is 5.02 Å². The van der Waals surface area contributed by atoms with Crippen molar-refractivity contribution in [3.63, 3.8) is 0 Å². The van der Waals surface area contributed by atoms with Gasteiger partial charge in [-0.2, -0.15) is 5.26 Å². The van der Waals surface area contributed by atoms with Crippen molar-refractivity contribution in [2.75, 3.05) is 0 Å². The van der Waals surface area contributed by atoms with Crippen LogP contribution in [-0.4, -0.2) is 0 Å². The molecule has 0 unspecified atom stereocenters. The highest BCUT2D eigenvalue weighted by atomic mass is 35.5. The Morgan fingerprint density at radius 3 is 2.42 bits per heavy atom. The zero-order valence-electron chi connectivity index (χ0n) is 6.09. The fourth-order valence-electron chi connectivity index (χ4n) is 0.749. The summed E-state index contributed by atoms with van der Waals surface area (Å²) >= 11 is 11.4. The van der Waals surface area contributed by atoms with E-state index in [9.17, 15) is 0 Å². The number of allylic oxidation sites excluding steroid dienone is 1. The van der Waals surface area contributed by atoms with Crippen molar-refractivity contribution in [3.05, 3.63) is 40.9 Å². The summed E-state index contributed by atoms with van der Waals surface area (Å²) in [5, 5.41) is 9.39. The van der Waals surface area contributed by atoms with Gasteiger partial charge in [0.15, 0.2) is 0 Å². The molecule has 1 aromatic carbocycles. The Morgan fingerprint density at radius 2 is 1.92 bits per heavy atom. The topological polar surface area (TPSA) is 23.8 Å². The molecule has 0 aliphatic rings. The van der Waals surface area contributed by atoms with E-state index in [-0.39, 0.29) is 0 Å². The zero-order valence-corrected chi connectivity index (χ0v) is 7.60. The van der Waals surface area contributed by atoms with Gasteiger partial charge in [0.1, 0.15) is 0 Å². The lowest BCUT2D eigenvalue weighted by Crippen LogP contribution is -1.74. The molecule has 3 heteroatoms. The van der Waals surface area contributed by atoms with E-state index in [4.69, 9.17) is 28.5 Å². The van der Waals surface area contributed by atoms with Crippen LogP contribution in [0.25, 0.3) is 5.03 Å². The lowest BCUT2D eigenvalue weighted by Gasteiger charge is -1.96. The molecule has 0 fully saturated rings. The molecule has 0 N–H and O–H groups in total. The van der Waals surface area contributed by atoms with Crippen molar-refractivity contribution < 1.29 is 0 Å². The van der Waals surface area contributed by atoms with Gasteiger partial charge in [0, 0.05) is 11.1 Å². The molecular formula is C9H5Cl2N. The Balaban J connectivity index is 2.99. The zero-order chi connectivity index (χ0) is 8.97. The molecule has 0 aliphatic heterocycles. The Bertz CT molecular complexity index is 333. The third kappa shape index (κ3) is 2.27. The molecular weight excluding hydrogens is 193 g/mol. The van der Waals surface area contributed by atoms with Gasteiger partial charge in [-0.3, -0.25) is 0 Å². The normalized spacial score (nSPS) is 10.9. The fraction of sp³-hybridized carbons (Fsp3) is 0. The number of hydrogen-bond donors (Lipinski definition) is 0. The van der Waals surface area contributed by atoms with E-state index in [1.807, 2.05) is 6.07 Å². The van der Waals surface area contributed by atoms with Crippen LogP contribution in [-0.2, 0) is 0 Å². The molecule has 0 saturated heterocycles. The second kappa shape index (κ2) is 4.15. The van der Waals surface area contributed by atoms with Gasteiger partial charge in [-0.1, -0.05) is 35.3 Å². The first-order chi connectivity index (χ1) is 5.74. The first-order valence-electron chi connectivity index (χ1n) is 3.25. The summed E-state index contributed by atoms with van der Waals surface area (Å²) in [6.45, 7) is 0. The Morgan fingerprint density at radius 1 is 1.33 bits per heavy atom. The number of halogens is 2. The number of benzene rings is 1. The van der Waals surface area contributed by atoms with Crippen LogP contribution in [0.1, 0.15) is 5.56 Å². The summed E-state index contributed by atoms with van der Waals surface area (Å²) < 4.78 is 0. The van der Waals surface area contributed by atoms with E-state index in [0.717, 1.165) is 5.56 Å². The lowest BCUT2D eigenvalue weighted by molar-refractivity contribution is 1.53. The molecule has 0 heterocycles. The van der Waals surface area contributed by atoms with Crippen LogP contribution in [0.3, 0.4) is 0 Å². The smallest absolute Gasteiger partial charge is 0.0927 e. The molecule has 0 aromatic heterocycles. The van der Waals surface area contributed by atoms with Crippen molar-refractivity contribution >= 4 is 28.2 Å². The molecule has 12 heavy (non-hydrogen) atoms. The van der Waals surface area contributed by atoms with E-state index >= 15 is 0 Å². The van der Waals surface area contributed by atoms with Crippen LogP contribution >= 0.6 is 23.2 Å². The second-order valence-corrected chi connectivity index (χ2v) is 2.97. The maximum atomic E-state index is 8.32. The monoisotopic (exact) mass is 197 g/mol. The van der Waals surface area contributed by atoms with Crippen molar-refractivity contribution in [1.82, 2.24) is 0 Å². The van der Waals surface area contributed by atoms with Crippen molar-refractivity contribution in [1.29, 1.82) is 5.26 Å². The third-order valence-corrected chi connectivity index (χ3v) is 1.89. The minimum absolute atomic E-state index is 0.425. The molecule has 0 radical (unpaired) electrons. The largest absolute Gasteiger partial charge is 0.193 e. The van der Waals surface area contributed by atoms with Crippen LogP contribution in [0.4, 0.5) is 0 Å². The number of nitrogens with zero attached hydrogens (tertiary/aromatic N) is 1. The van der Waals surface area contributed by atoms with Gasteiger partial charge >= 0.3 is 0 Å². The van der Waals surface area contributed by atoms with Gasteiger partial charge in [0.25, 0.3) is 0 Å². The van der Waals surface area contributed by atoms with Crippen LogP contribution < -0.4 is 0 Å². The summed E-state index contributed by atoms with van der Waals surface area (Å²) in [7, 11) is 0. The number of hydrogen-bond acceptors (Lipinski definition) is 1. The lowest BCUT2D eigenvalue weighted by atomic mass is 10.2. The minimum atomic E-state index is 0.425. The Labute approximate surface area is 80.8 Å². The van der Waals surface area contributed by atoms with E-state index in [1.165, 1.54) is 6.08 Å². The molecule has 1 nitrogen and oxygen atoms in total. The molecule has 60 valence electrons. The van der Waals surface area contributed by atoms with Crippen LogP contribution in [0.5, 0.6) is 0 Å². The summed E-state index contributed by atoms with van der Waals surface area (Å²) in [6.07, 6.45) is 1.28. The summed E-state index contributed by atoms with van der Waals surface area (Å²) in [6, 6.07) is 8.83. The standard InChI is InChI=1S/C9H5Cl2N/c10-8-3-1-7(2-4-8)9(11)5-6-12/h1-5H/b9-5+. The predicted molar refractivity (Wildman–Crippen MR) is 50.9 cm³/mol. The summed E-state index contributed by atoms with van der Waals surface area (Å²) in [5.74, 6) is 0. The Kier molecular flexibility index (Phi) is 3.16. The van der Waals surface area contributed by atoms with Crippen molar-refractivity contribution in [3.8, 4) is 6.07 Å². The predicted octanol–water partition coefficient (Wildman–Crippen LogP) is 3.44. The maximum Gasteiger partial charge on any atom is 0.0927 e. The molecule has 0 amide bonds. The second-order valence-electron chi connectivity index (χ2n) is 2.13. The third-order valence-electron chi connectivity index (χ3n) is 1.31.